The van der Waals surface area contributed by atoms with Crippen LogP contribution in [-0.4, -0.2) is 22.4 Å². The van der Waals surface area contributed by atoms with Gasteiger partial charge in [-0.25, -0.2) is 0 Å². The first-order valence-electron chi connectivity index (χ1n) is 13.4. The second-order valence-corrected chi connectivity index (χ2v) is 12.3. The van der Waals surface area contributed by atoms with Gasteiger partial charge in [0, 0.05) is 0 Å². The van der Waals surface area contributed by atoms with Crippen molar-refractivity contribution >= 4 is 0 Å². The van der Waals surface area contributed by atoms with Crippen molar-refractivity contribution in [1.82, 2.24) is 0 Å². The van der Waals surface area contributed by atoms with Gasteiger partial charge in [0.15, 0.2) is 0 Å². The molecule has 2 heteroatoms. The van der Waals surface area contributed by atoms with E-state index in [2.05, 4.69) is 57.2 Å². The molecule has 0 heterocycles. The summed E-state index contributed by atoms with van der Waals surface area (Å²) in [5.41, 5.74) is 3.61. The van der Waals surface area contributed by atoms with Crippen molar-refractivity contribution in [3.8, 4) is 0 Å². The van der Waals surface area contributed by atoms with Crippen LogP contribution < -0.4 is 0 Å². The lowest BCUT2D eigenvalue weighted by molar-refractivity contribution is -0.0678. The van der Waals surface area contributed by atoms with E-state index in [4.69, 9.17) is 0 Å². The van der Waals surface area contributed by atoms with Crippen LogP contribution in [0, 0.1) is 40.4 Å². The van der Waals surface area contributed by atoms with E-state index in [1.165, 1.54) is 44.1 Å². The second kappa shape index (κ2) is 8.58. The van der Waals surface area contributed by atoms with Crippen molar-refractivity contribution in [2.75, 3.05) is 0 Å². The third kappa shape index (κ3) is 3.70. The first-order valence-corrected chi connectivity index (χ1v) is 13.4. The van der Waals surface area contributed by atoms with Gasteiger partial charge in [-0.05, 0) is 110 Å². The fourth-order valence-electron chi connectivity index (χ4n) is 9.04. The number of rotatable bonds is 5. The van der Waals surface area contributed by atoms with Gasteiger partial charge in [0.2, 0.25) is 0 Å². The van der Waals surface area contributed by atoms with Gasteiger partial charge in [0.25, 0.3) is 0 Å². The molecule has 0 saturated heterocycles. The number of fused-ring (bicyclic) bond motifs is 5. The highest BCUT2D eigenvalue weighted by molar-refractivity contribution is 5.25. The van der Waals surface area contributed by atoms with Gasteiger partial charge in [-0.15, -0.1) is 0 Å². The molecule has 2 N–H and O–H groups in total. The summed E-state index contributed by atoms with van der Waals surface area (Å²) < 4.78 is 0. The fourth-order valence-corrected chi connectivity index (χ4v) is 9.04. The van der Waals surface area contributed by atoms with Crippen molar-refractivity contribution in [2.45, 2.75) is 97.2 Å². The molecule has 0 amide bonds. The number of hydrogen-bond acceptors (Lipinski definition) is 2. The summed E-state index contributed by atoms with van der Waals surface area (Å²) in [4.78, 5) is 0. The summed E-state index contributed by atoms with van der Waals surface area (Å²) in [5.74, 6) is 3.42. The molecule has 4 aliphatic rings. The second-order valence-electron chi connectivity index (χ2n) is 12.3. The molecule has 0 bridgehead atoms. The fraction of sp³-hybridized carbons (Fsp3) is 0.733. The van der Waals surface area contributed by atoms with E-state index in [0.717, 1.165) is 43.4 Å². The van der Waals surface area contributed by atoms with Crippen LogP contribution in [0.1, 0.15) is 84.1 Å². The van der Waals surface area contributed by atoms with E-state index in [-0.39, 0.29) is 12.2 Å². The van der Waals surface area contributed by atoms with Crippen LogP contribution in [0.15, 0.2) is 42.0 Å². The van der Waals surface area contributed by atoms with Crippen molar-refractivity contribution in [3.63, 3.8) is 0 Å². The van der Waals surface area contributed by atoms with Crippen LogP contribution in [-0.2, 0) is 6.42 Å². The Morgan fingerprint density at radius 3 is 2.56 bits per heavy atom. The minimum absolute atomic E-state index is 0.117. The standard InChI is InChI=1S/C30H44O2/c1-20(28(32)14-9-21-7-5-4-6-8-21)25-12-13-26-24-11-10-22-19-23(31)15-17-29(22,2)27(24)16-18-30(25,26)3/h4-8,10,20,23-28,31-32H,9,11-19H2,1-3H3/t20-,23?,24?,25?,26?,27?,28?,29?,30?/m0/s1. The predicted molar refractivity (Wildman–Crippen MR) is 131 cm³/mol. The molecule has 32 heavy (non-hydrogen) atoms. The lowest BCUT2D eigenvalue weighted by atomic mass is 9.47. The topological polar surface area (TPSA) is 40.5 Å². The molecule has 176 valence electrons. The Morgan fingerprint density at radius 1 is 1.00 bits per heavy atom. The zero-order chi connectivity index (χ0) is 22.5. The lowest BCUT2D eigenvalue weighted by Crippen LogP contribution is -2.51. The van der Waals surface area contributed by atoms with Gasteiger partial charge >= 0.3 is 0 Å². The average molecular weight is 437 g/mol. The smallest absolute Gasteiger partial charge is 0.0577 e. The molecule has 8 unspecified atom stereocenters. The van der Waals surface area contributed by atoms with Gasteiger partial charge < -0.3 is 10.2 Å². The van der Waals surface area contributed by atoms with Gasteiger partial charge in [0.1, 0.15) is 0 Å². The van der Waals surface area contributed by atoms with E-state index < -0.39 is 0 Å². The first kappa shape index (κ1) is 22.7. The maximum Gasteiger partial charge on any atom is 0.0577 e. The first-order chi connectivity index (χ1) is 15.3. The average Bonchev–Trinajstić information content (AvgIpc) is 3.15. The molecule has 0 aliphatic heterocycles. The summed E-state index contributed by atoms with van der Waals surface area (Å²) >= 11 is 0. The Hall–Kier alpha value is -1.12. The normalized spacial score (nSPS) is 42.9. The van der Waals surface area contributed by atoms with Crippen LogP contribution >= 0.6 is 0 Å². The van der Waals surface area contributed by atoms with Crippen LogP contribution in [0.3, 0.4) is 0 Å². The van der Waals surface area contributed by atoms with Crippen LogP contribution in [0.2, 0.25) is 0 Å². The number of aliphatic hydroxyl groups excluding tert-OH is 2. The van der Waals surface area contributed by atoms with Crippen LogP contribution in [0.4, 0.5) is 0 Å². The number of aryl methyl sites for hydroxylation is 1. The SMILES string of the molecule is C[C@H](C(O)CCc1ccccc1)C1CCC2C3CC=C4CC(O)CCC4(C)C3CCC21C. The molecule has 3 saturated carbocycles. The van der Waals surface area contributed by atoms with E-state index in [1.807, 2.05) is 0 Å². The largest absolute Gasteiger partial charge is 0.393 e. The predicted octanol–water partition coefficient (Wildman–Crippen LogP) is 6.56. The highest BCUT2D eigenvalue weighted by atomic mass is 16.3. The van der Waals surface area contributed by atoms with E-state index in [0.29, 0.717) is 22.7 Å². The third-order valence-electron chi connectivity index (χ3n) is 11.0. The summed E-state index contributed by atoms with van der Waals surface area (Å²) in [6.45, 7) is 7.44. The number of hydrogen-bond donors (Lipinski definition) is 2. The van der Waals surface area contributed by atoms with Crippen molar-refractivity contribution in [3.05, 3.63) is 47.5 Å². The van der Waals surface area contributed by atoms with Gasteiger partial charge in [-0.2, -0.15) is 0 Å². The van der Waals surface area contributed by atoms with E-state index in [1.54, 1.807) is 5.57 Å². The van der Waals surface area contributed by atoms with Gasteiger partial charge in [0.05, 0.1) is 12.2 Å². The molecule has 1 aromatic rings. The minimum Gasteiger partial charge on any atom is -0.393 e. The van der Waals surface area contributed by atoms with Crippen molar-refractivity contribution < 1.29 is 10.2 Å². The molecule has 3 fully saturated rings. The van der Waals surface area contributed by atoms with Crippen molar-refractivity contribution in [2.24, 2.45) is 40.4 Å². The van der Waals surface area contributed by atoms with Crippen LogP contribution in [0.5, 0.6) is 0 Å². The summed E-state index contributed by atoms with van der Waals surface area (Å²) in [5, 5.41) is 21.4. The third-order valence-corrected chi connectivity index (χ3v) is 11.0. The maximum absolute atomic E-state index is 11.2. The van der Waals surface area contributed by atoms with Gasteiger partial charge in [-0.3, -0.25) is 0 Å². The van der Waals surface area contributed by atoms with E-state index >= 15 is 0 Å². The Balaban J connectivity index is 1.29. The number of allylic oxidation sites excluding steroid dienone is 1. The lowest BCUT2D eigenvalue weighted by Gasteiger charge is -2.58. The molecule has 0 radical (unpaired) electrons. The molecule has 9 atom stereocenters. The summed E-state index contributed by atoms with van der Waals surface area (Å²) in [6.07, 6.45) is 13.7. The highest BCUT2D eigenvalue weighted by Gasteiger charge is 2.59. The quantitative estimate of drug-likeness (QED) is 0.513. The number of aliphatic hydroxyl groups is 2. The van der Waals surface area contributed by atoms with Gasteiger partial charge in [-0.1, -0.05) is 62.8 Å². The zero-order valence-corrected chi connectivity index (χ0v) is 20.5. The molecule has 0 spiro atoms. The molecule has 0 aromatic heterocycles. The molecule has 1 aromatic carbocycles. The Kier molecular flexibility index (Phi) is 6.08. The molecule has 4 aliphatic carbocycles. The molecular formula is C30H44O2. The molecule has 5 rings (SSSR count). The summed E-state index contributed by atoms with van der Waals surface area (Å²) in [6, 6.07) is 10.6. The molecule has 2 nitrogen and oxygen atoms in total. The minimum atomic E-state index is -0.205. The number of benzene rings is 1. The summed E-state index contributed by atoms with van der Waals surface area (Å²) in [7, 11) is 0. The highest BCUT2D eigenvalue weighted by Crippen LogP contribution is 2.67. The Labute approximate surface area is 195 Å². The van der Waals surface area contributed by atoms with E-state index in [9.17, 15) is 10.2 Å². The monoisotopic (exact) mass is 436 g/mol. The van der Waals surface area contributed by atoms with Crippen molar-refractivity contribution in [1.29, 1.82) is 0 Å². The maximum atomic E-state index is 11.2. The van der Waals surface area contributed by atoms with Crippen LogP contribution in [0.25, 0.3) is 0 Å². The Morgan fingerprint density at radius 2 is 1.78 bits per heavy atom. The Bertz CT molecular complexity index is 830. The zero-order valence-electron chi connectivity index (χ0n) is 20.5. The molecular weight excluding hydrogens is 392 g/mol.